The van der Waals surface area contributed by atoms with Crippen LogP contribution in [0.3, 0.4) is 0 Å². The van der Waals surface area contributed by atoms with E-state index in [-0.39, 0.29) is 5.78 Å². The fourth-order valence-electron chi connectivity index (χ4n) is 2.62. The number of nitrogens with one attached hydrogen (secondary N) is 1. The van der Waals surface area contributed by atoms with Gasteiger partial charge >= 0.3 is 0 Å². The van der Waals surface area contributed by atoms with Crippen molar-refractivity contribution in [2.75, 3.05) is 5.75 Å². The maximum Gasteiger partial charge on any atom is 0.192 e. The van der Waals surface area contributed by atoms with Crippen molar-refractivity contribution in [3.8, 4) is 5.75 Å². The number of aromatic amines is 1. The van der Waals surface area contributed by atoms with Gasteiger partial charge in [-0.2, -0.15) is 0 Å². The molecule has 8 heteroatoms. The van der Waals surface area contributed by atoms with Crippen molar-refractivity contribution in [1.82, 2.24) is 19.7 Å². The number of hydrogen-bond acceptors (Lipinski definition) is 5. The molecule has 1 N–H and O–H groups in total. The van der Waals surface area contributed by atoms with Gasteiger partial charge in [0.15, 0.2) is 16.8 Å². The van der Waals surface area contributed by atoms with E-state index in [9.17, 15) is 4.79 Å². The van der Waals surface area contributed by atoms with E-state index >= 15 is 0 Å². The monoisotopic (exact) mass is 388 g/mol. The molecule has 1 aromatic carbocycles. The molecule has 2 aromatic heterocycles. The third-order valence-electron chi connectivity index (χ3n) is 4.07. The van der Waals surface area contributed by atoms with Crippen LogP contribution in [0.25, 0.3) is 0 Å². The van der Waals surface area contributed by atoms with E-state index in [1.807, 2.05) is 24.3 Å². The van der Waals surface area contributed by atoms with Gasteiger partial charge in [-0.3, -0.25) is 9.36 Å². The lowest BCUT2D eigenvalue weighted by Crippen LogP contribution is -2.08. The smallest absolute Gasteiger partial charge is 0.192 e. The number of benzene rings is 1. The molecule has 1 aliphatic carbocycles. The summed E-state index contributed by atoms with van der Waals surface area (Å²) in [5, 5.41) is 9.85. The molecule has 6 nitrogen and oxygen atoms in total. The second-order valence-corrected chi connectivity index (χ2v) is 7.36. The third-order valence-corrected chi connectivity index (χ3v) is 5.33. The summed E-state index contributed by atoms with van der Waals surface area (Å²) in [4.78, 5) is 15.1. The molecule has 3 aromatic rings. The SMILES string of the molecule is O=C(CSc1nnc(COc2ccccc2Cl)n1C1CC1)c1ccc[nH]1. The molecular weight excluding hydrogens is 372 g/mol. The number of aromatic nitrogens is 4. The van der Waals surface area contributed by atoms with Crippen molar-refractivity contribution in [1.29, 1.82) is 0 Å². The summed E-state index contributed by atoms with van der Waals surface area (Å²) in [5.41, 5.74) is 0.609. The van der Waals surface area contributed by atoms with E-state index in [4.69, 9.17) is 16.3 Å². The standard InChI is InChI=1S/C18H17ClN4O2S/c19-13-4-1-2-6-16(13)25-10-17-21-22-18(23(17)12-7-8-12)26-11-15(24)14-5-3-9-20-14/h1-6,9,12,20H,7-8,10-11H2. The predicted octanol–water partition coefficient (Wildman–Crippen LogP) is 4.15. The Morgan fingerprint density at radius 2 is 2.12 bits per heavy atom. The molecule has 134 valence electrons. The van der Waals surface area contributed by atoms with Gasteiger partial charge < -0.3 is 9.72 Å². The quantitative estimate of drug-likeness (QED) is 0.463. The summed E-state index contributed by atoms with van der Waals surface area (Å²) in [7, 11) is 0. The lowest BCUT2D eigenvalue weighted by atomic mass is 10.3. The fourth-order valence-corrected chi connectivity index (χ4v) is 3.72. The van der Waals surface area contributed by atoms with Gasteiger partial charge in [0.2, 0.25) is 0 Å². The zero-order valence-corrected chi connectivity index (χ0v) is 15.5. The van der Waals surface area contributed by atoms with Crippen LogP contribution in [0.4, 0.5) is 0 Å². The number of hydrogen-bond donors (Lipinski definition) is 1. The number of rotatable bonds is 8. The van der Waals surface area contributed by atoms with Crippen LogP contribution in [0.2, 0.25) is 5.02 Å². The van der Waals surface area contributed by atoms with Crippen LogP contribution in [0.15, 0.2) is 47.8 Å². The number of H-pyrrole nitrogens is 1. The maximum absolute atomic E-state index is 12.2. The maximum atomic E-state index is 12.2. The Morgan fingerprint density at radius 3 is 2.85 bits per heavy atom. The normalized spacial score (nSPS) is 13.7. The summed E-state index contributed by atoms with van der Waals surface area (Å²) in [6.07, 6.45) is 3.93. The number of thioether (sulfide) groups is 1. The number of carbonyl (C=O) groups is 1. The fraction of sp³-hybridized carbons (Fsp3) is 0.278. The zero-order valence-electron chi connectivity index (χ0n) is 13.9. The van der Waals surface area contributed by atoms with Crippen LogP contribution >= 0.6 is 23.4 Å². The molecule has 0 unspecified atom stereocenters. The van der Waals surface area contributed by atoms with E-state index in [1.54, 1.807) is 18.3 Å². The van der Waals surface area contributed by atoms with Crippen LogP contribution in [-0.4, -0.2) is 31.3 Å². The van der Waals surface area contributed by atoms with Gasteiger partial charge in [0.05, 0.1) is 16.5 Å². The molecule has 1 saturated carbocycles. The second-order valence-electron chi connectivity index (χ2n) is 6.01. The molecular formula is C18H17ClN4O2S. The minimum Gasteiger partial charge on any atom is -0.484 e. The van der Waals surface area contributed by atoms with Gasteiger partial charge in [0.25, 0.3) is 0 Å². The highest BCUT2D eigenvalue weighted by Gasteiger charge is 2.30. The highest BCUT2D eigenvalue weighted by atomic mass is 35.5. The second kappa shape index (κ2) is 7.55. The molecule has 0 radical (unpaired) electrons. The lowest BCUT2D eigenvalue weighted by molar-refractivity contribution is 0.101. The predicted molar refractivity (Wildman–Crippen MR) is 99.9 cm³/mol. The molecule has 2 heterocycles. The summed E-state index contributed by atoms with van der Waals surface area (Å²) >= 11 is 7.54. The average molecular weight is 389 g/mol. The molecule has 0 aliphatic heterocycles. The number of Topliss-reactive ketones (excluding diaryl/α,β-unsaturated/α-hetero) is 1. The number of nitrogens with zero attached hydrogens (tertiary/aromatic N) is 3. The zero-order chi connectivity index (χ0) is 17.9. The van der Waals surface area contributed by atoms with E-state index in [2.05, 4.69) is 19.7 Å². The Bertz CT molecular complexity index is 906. The molecule has 0 spiro atoms. The highest BCUT2D eigenvalue weighted by Crippen LogP contribution is 2.39. The first kappa shape index (κ1) is 17.2. The molecule has 4 rings (SSSR count). The van der Waals surface area contributed by atoms with Crippen LogP contribution in [0.1, 0.15) is 35.2 Å². The molecule has 1 fully saturated rings. The lowest BCUT2D eigenvalue weighted by Gasteiger charge is -2.10. The third kappa shape index (κ3) is 3.78. The topological polar surface area (TPSA) is 72.8 Å². The molecule has 0 amide bonds. The van der Waals surface area contributed by atoms with E-state index < -0.39 is 0 Å². The Balaban J connectivity index is 1.45. The first-order chi connectivity index (χ1) is 12.7. The van der Waals surface area contributed by atoms with E-state index in [0.717, 1.165) is 23.8 Å². The summed E-state index contributed by atoms with van der Waals surface area (Å²) < 4.78 is 7.89. The largest absolute Gasteiger partial charge is 0.484 e. The van der Waals surface area contributed by atoms with Gasteiger partial charge in [-0.25, -0.2) is 0 Å². The molecule has 0 atom stereocenters. The van der Waals surface area contributed by atoms with Gasteiger partial charge in [-0.15, -0.1) is 10.2 Å². The Morgan fingerprint density at radius 1 is 1.27 bits per heavy atom. The number of ether oxygens (including phenoxy) is 1. The van der Waals surface area contributed by atoms with Gasteiger partial charge in [0.1, 0.15) is 12.4 Å². The minimum absolute atomic E-state index is 0.0409. The van der Waals surface area contributed by atoms with Crippen LogP contribution in [0, 0.1) is 0 Å². The molecule has 0 saturated heterocycles. The first-order valence-corrected chi connectivity index (χ1v) is 9.69. The van der Waals surface area contributed by atoms with Crippen molar-refractivity contribution >= 4 is 29.1 Å². The van der Waals surface area contributed by atoms with Crippen molar-refractivity contribution in [2.45, 2.75) is 30.6 Å². The van der Waals surface area contributed by atoms with Gasteiger partial charge in [0, 0.05) is 12.2 Å². The Labute approximate surface area is 159 Å². The number of carbonyl (C=O) groups excluding carboxylic acids is 1. The number of halogens is 1. The van der Waals surface area contributed by atoms with E-state index in [0.29, 0.717) is 34.9 Å². The number of para-hydroxylation sites is 1. The van der Waals surface area contributed by atoms with Crippen LogP contribution in [0.5, 0.6) is 5.75 Å². The van der Waals surface area contributed by atoms with Crippen molar-refractivity contribution in [3.63, 3.8) is 0 Å². The Kier molecular flexibility index (Phi) is 4.99. The van der Waals surface area contributed by atoms with Crippen molar-refractivity contribution in [3.05, 3.63) is 59.1 Å². The van der Waals surface area contributed by atoms with Crippen molar-refractivity contribution in [2.24, 2.45) is 0 Å². The summed E-state index contributed by atoms with van der Waals surface area (Å²) in [5.74, 6) is 1.73. The Hall–Kier alpha value is -2.25. The van der Waals surface area contributed by atoms with E-state index in [1.165, 1.54) is 11.8 Å². The van der Waals surface area contributed by atoms with Crippen LogP contribution < -0.4 is 4.74 Å². The highest BCUT2D eigenvalue weighted by molar-refractivity contribution is 7.99. The molecule has 26 heavy (non-hydrogen) atoms. The van der Waals surface area contributed by atoms with Gasteiger partial charge in [-0.05, 0) is 37.1 Å². The summed E-state index contributed by atoms with van der Waals surface area (Å²) in [6, 6.07) is 11.3. The number of ketones is 1. The van der Waals surface area contributed by atoms with Crippen LogP contribution in [-0.2, 0) is 6.61 Å². The summed E-state index contributed by atoms with van der Waals surface area (Å²) in [6.45, 7) is 0.290. The minimum atomic E-state index is 0.0409. The average Bonchev–Trinajstić information content (AvgIpc) is 3.18. The molecule has 1 aliphatic rings. The first-order valence-electron chi connectivity index (χ1n) is 8.33. The molecule has 0 bridgehead atoms. The van der Waals surface area contributed by atoms with Crippen molar-refractivity contribution < 1.29 is 9.53 Å². The van der Waals surface area contributed by atoms with Gasteiger partial charge in [-0.1, -0.05) is 35.5 Å².